The molecule has 18 heavy (non-hydrogen) atoms. The molecule has 4 nitrogen and oxygen atoms in total. The summed E-state index contributed by atoms with van der Waals surface area (Å²) < 4.78 is 0. The number of nitrogens with zero attached hydrogens (tertiary/aromatic N) is 2. The van der Waals surface area contributed by atoms with Crippen LogP contribution in [-0.4, -0.2) is 27.4 Å². The zero-order chi connectivity index (χ0) is 13.5. The van der Waals surface area contributed by atoms with Gasteiger partial charge in [-0.15, -0.1) is 0 Å². The summed E-state index contributed by atoms with van der Waals surface area (Å²) >= 11 is 0. The molecule has 1 fully saturated rings. The molecule has 2 N–H and O–H groups in total. The average Bonchev–Trinajstić information content (AvgIpc) is 2.54. The first-order valence-electron chi connectivity index (χ1n) is 6.31. The molecule has 1 aromatic heterocycles. The lowest BCUT2D eigenvalue weighted by Gasteiger charge is -2.37. The summed E-state index contributed by atoms with van der Waals surface area (Å²) in [7, 11) is 0. The third-order valence-corrected chi connectivity index (χ3v) is 3.32. The Hall–Kier alpha value is -1.42. The Morgan fingerprint density at radius 1 is 1.39 bits per heavy atom. The van der Waals surface area contributed by atoms with E-state index < -0.39 is 0 Å². The molecule has 1 aromatic rings. The van der Waals surface area contributed by atoms with Gasteiger partial charge in [0.1, 0.15) is 0 Å². The van der Waals surface area contributed by atoms with Crippen molar-refractivity contribution >= 4 is 5.91 Å². The van der Waals surface area contributed by atoms with Crippen molar-refractivity contribution in [2.75, 3.05) is 0 Å². The first-order chi connectivity index (χ1) is 8.30. The van der Waals surface area contributed by atoms with Gasteiger partial charge in [0.25, 0.3) is 0 Å². The van der Waals surface area contributed by atoms with Gasteiger partial charge in [-0.25, -0.2) is 0 Å². The molecule has 2 atom stereocenters. The molecule has 98 valence electrons. The lowest BCUT2D eigenvalue weighted by Crippen LogP contribution is -2.45. The molecule has 1 aliphatic heterocycles. The molecule has 2 unspecified atom stereocenters. The molecule has 4 heteroatoms. The Bertz CT molecular complexity index is 447. The number of carbonyl (C=O) groups is 1. The van der Waals surface area contributed by atoms with Crippen molar-refractivity contribution in [1.82, 2.24) is 9.88 Å². The Balaban J connectivity index is 2.40. The molecule has 0 bridgehead atoms. The molecule has 0 saturated carbocycles. The van der Waals surface area contributed by atoms with Crippen LogP contribution < -0.4 is 5.73 Å². The smallest absolute Gasteiger partial charge is 0.225 e. The fraction of sp³-hybridized carbons (Fsp3) is 0.571. The quantitative estimate of drug-likeness (QED) is 0.823. The minimum absolute atomic E-state index is 0.113. The van der Waals surface area contributed by atoms with Crippen molar-refractivity contribution in [2.24, 2.45) is 5.73 Å². The van der Waals surface area contributed by atoms with Crippen molar-refractivity contribution in [2.45, 2.75) is 51.7 Å². The van der Waals surface area contributed by atoms with Gasteiger partial charge in [-0.05, 0) is 39.3 Å². The molecule has 1 aliphatic rings. The SMILES string of the molecule is Cc1ccc(C2C(N)CC(=O)N2C(C)(C)C)nc1. The minimum atomic E-state index is -0.234. The topological polar surface area (TPSA) is 59.2 Å². The van der Waals surface area contributed by atoms with Crippen molar-refractivity contribution in [1.29, 1.82) is 0 Å². The number of amides is 1. The van der Waals surface area contributed by atoms with Crippen molar-refractivity contribution in [3.05, 3.63) is 29.6 Å². The van der Waals surface area contributed by atoms with E-state index in [1.165, 1.54) is 0 Å². The maximum atomic E-state index is 12.1. The summed E-state index contributed by atoms with van der Waals surface area (Å²) in [4.78, 5) is 18.4. The summed E-state index contributed by atoms with van der Waals surface area (Å²) in [6.07, 6.45) is 2.23. The fourth-order valence-corrected chi connectivity index (χ4v) is 2.56. The average molecular weight is 247 g/mol. The first-order valence-corrected chi connectivity index (χ1v) is 6.31. The van der Waals surface area contributed by atoms with E-state index in [4.69, 9.17) is 5.73 Å². The maximum absolute atomic E-state index is 12.1. The number of aromatic nitrogens is 1. The van der Waals surface area contributed by atoms with Gasteiger partial charge in [-0.1, -0.05) is 6.07 Å². The molecule has 1 saturated heterocycles. The highest BCUT2D eigenvalue weighted by Gasteiger charge is 2.44. The van der Waals surface area contributed by atoms with E-state index in [0.717, 1.165) is 11.3 Å². The summed E-state index contributed by atoms with van der Waals surface area (Å²) in [5, 5.41) is 0. The second-order valence-electron chi connectivity index (χ2n) is 6.01. The number of nitrogens with two attached hydrogens (primary N) is 1. The Labute approximate surface area is 108 Å². The van der Waals surface area contributed by atoms with Crippen LogP contribution in [0.25, 0.3) is 0 Å². The van der Waals surface area contributed by atoms with Crippen LogP contribution in [0, 0.1) is 6.92 Å². The summed E-state index contributed by atoms with van der Waals surface area (Å²) in [5.41, 5.74) is 7.88. The molecule has 0 radical (unpaired) electrons. The molecular weight excluding hydrogens is 226 g/mol. The molecule has 0 aromatic carbocycles. The Morgan fingerprint density at radius 3 is 2.56 bits per heavy atom. The van der Waals surface area contributed by atoms with E-state index >= 15 is 0 Å². The van der Waals surface area contributed by atoms with E-state index in [1.807, 2.05) is 50.9 Å². The lowest BCUT2D eigenvalue weighted by atomic mass is 10.0. The fourth-order valence-electron chi connectivity index (χ4n) is 2.56. The number of carbonyl (C=O) groups excluding carboxylic acids is 1. The van der Waals surface area contributed by atoms with Crippen molar-refractivity contribution in [3.63, 3.8) is 0 Å². The number of hydrogen-bond acceptors (Lipinski definition) is 3. The number of likely N-dealkylation sites (tertiary alicyclic amines) is 1. The lowest BCUT2D eigenvalue weighted by molar-refractivity contribution is -0.133. The largest absolute Gasteiger partial charge is 0.328 e. The van der Waals surface area contributed by atoms with Gasteiger partial charge in [-0.2, -0.15) is 0 Å². The maximum Gasteiger partial charge on any atom is 0.225 e. The molecule has 0 spiro atoms. The minimum Gasteiger partial charge on any atom is -0.328 e. The molecule has 0 aliphatic carbocycles. The van der Waals surface area contributed by atoms with Gasteiger partial charge >= 0.3 is 0 Å². The number of pyridine rings is 1. The zero-order valence-electron chi connectivity index (χ0n) is 11.5. The zero-order valence-corrected chi connectivity index (χ0v) is 11.5. The predicted molar refractivity (Wildman–Crippen MR) is 70.9 cm³/mol. The van der Waals surface area contributed by atoms with Crippen molar-refractivity contribution < 1.29 is 4.79 Å². The van der Waals surface area contributed by atoms with Crippen LogP contribution in [0.4, 0.5) is 0 Å². The highest BCUT2D eigenvalue weighted by molar-refractivity contribution is 5.81. The van der Waals surface area contributed by atoms with Crippen LogP contribution in [-0.2, 0) is 4.79 Å². The highest BCUT2D eigenvalue weighted by Crippen LogP contribution is 2.36. The Kier molecular flexibility index (Phi) is 3.15. The van der Waals surface area contributed by atoms with E-state index in [2.05, 4.69) is 4.98 Å². The third kappa shape index (κ3) is 2.25. The van der Waals surface area contributed by atoms with Crippen LogP contribution in [0.15, 0.2) is 18.3 Å². The van der Waals surface area contributed by atoms with Crippen LogP contribution >= 0.6 is 0 Å². The van der Waals surface area contributed by atoms with Gasteiger partial charge in [0.15, 0.2) is 0 Å². The van der Waals surface area contributed by atoms with Crippen molar-refractivity contribution in [3.8, 4) is 0 Å². The second-order valence-corrected chi connectivity index (χ2v) is 6.01. The Morgan fingerprint density at radius 2 is 2.06 bits per heavy atom. The molecule has 2 heterocycles. The van der Waals surface area contributed by atoms with Crippen LogP contribution in [0.1, 0.15) is 44.5 Å². The number of aryl methyl sites for hydroxylation is 1. The molecular formula is C14H21N3O. The van der Waals surface area contributed by atoms with Gasteiger partial charge in [-0.3, -0.25) is 9.78 Å². The molecule has 1 amide bonds. The van der Waals surface area contributed by atoms with Crippen LogP contribution in [0.3, 0.4) is 0 Å². The first kappa shape index (κ1) is 13.0. The van der Waals surface area contributed by atoms with Gasteiger partial charge in [0.05, 0.1) is 11.7 Å². The second kappa shape index (κ2) is 4.35. The summed E-state index contributed by atoms with van der Waals surface area (Å²) in [5.74, 6) is 0.113. The van der Waals surface area contributed by atoms with Gasteiger partial charge in [0.2, 0.25) is 5.91 Å². The highest BCUT2D eigenvalue weighted by atomic mass is 16.2. The summed E-state index contributed by atoms with van der Waals surface area (Å²) in [6, 6.07) is 3.70. The van der Waals surface area contributed by atoms with E-state index in [-0.39, 0.29) is 23.5 Å². The normalized spacial score (nSPS) is 24.7. The van der Waals surface area contributed by atoms with E-state index in [0.29, 0.717) is 6.42 Å². The molecule has 2 rings (SSSR count). The third-order valence-electron chi connectivity index (χ3n) is 3.32. The van der Waals surface area contributed by atoms with E-state index in [9.17, 15) is 4.79 Å². The monoisotopic (exact) mass is 247 g/mol. The predicted octanol–water partition coefficient (Wildman–Crippen LogP) is 1.79. The van der Waals surface area contributed by atoms with Gasteiger partial charge < -0.3 is 10.6 Å². The van der Waals surface area contributed by atoms with Crippen LogP contribution in [0.2, 0.25) is 0 Å². The number of hydrogen-bond donors (Lipinski definition) is 1. The standard InChI is InChI=1S/C14H21N3O/c1-9-5-6-11(16-8-9)13-10(15)7-12(18)17(13)14(2,3)4/h5-6,8,10,13H,7,15H2,1-4H3. The summed E-state index contributed by atoms with van der Waals surface area (Å²) in [6.45, 7) is 8.09. The van der Waals surface area contributed by atoms with E-state index in [1.54, 1.807) is 0 Å². The number of rotatable bonds is 1. The van der Waals surface area contributed by atoms with Crippen LogP contribution in [0.5, 0.6) is 0 Å². The van der Waals surface area contributed by atoms with Gasteiger partial charge in [0, 0.05) is 24.2 Å².